The fourth-order valence-corrected chi connectivity index (χ4v) is 1.33. The summed E-state index contributed by atoms with van der Waals surface area (Å²) >= 11 is 0. The Bertz CT molecular complexity index is 409. The minimum absolute atomic E-state index is 0.299. The number of hydrogen-bond acceptors (Lipinski definition) is 2. The maximum atomic E-state index is 11.3. The summed E-state index contributed by atoms with van der Waals surface area (Å²) in [5.74, 6) is 4.37. The number of rotatable bonds is 4. The van der Waals surface area contributed by atoms with Crippen LogP contribution >= 0.6 is 0 Å². The minimum atomic E-state index is -0.502. The Balaban J connectivity index is 2.78. The van der Waals surface area contributed by atoms with Crippen LogP contribution in [-0.2, 0) is 9.53 Å². The molecule has 16 heavy (non-hydrogen) atoms. The Labute approximate surface area is 95.9 Å². The Kier molecular flexibility index (Phi) is 4.88. The van der Waals surface area contributed by atoms with Crippen molar-refractivity contribution >= 4 is 5.97 Å². The largest absolute Gasteiger partial charge is 0.448 e. The lowest BCUT2D eigenvalue weighted by atomic mass is 10.1. The van der Waals surface area contributed by atoms with E-state index in [1.54, 1.807) is 13.0 Å². The molecule has 1 rings (SSSR count). The molecule has 82 valence electrons. The zero-order valence-corrected chi connectivity index (χ0v) is 9.27. The highest BCUT2D eigenvalue weighted by molar-refractivity contribution is 5.88. The summed E-state index contributed by atoms with van der Waals surface area (Å²) in [7, 11) is 0. The first kappa shape index (κ1) is 12.1. The molecule has 1 unspecified atom stereocenters. The standard InChI is InChI=1S/C14H14O2/c1-3-8-13(16-14(15)9-4-2)12-10-6-5-7-11-12/h3,5-7,10-11,13H,1,8H2,2H3. The van der Waals surface area contributed by atoms with Crippen LogP contribution in [0.1, 0.15) is 25.0 Å². The molecule has 0 heterocycles. The molecular weight excluding hydrogens is 200 g/mol. The summed E-state index contributed by atoms with van der Waals surface area (Å²) in [5, 5.41) is 0. The molecule has 0 radical (unpaired) electrons. The fourth-order valence-electron chi connectivity index (χ4n) is 1.33. The maximum absolute atomic E-state index is 11.3. The van der Waals surface area contributed by atoms with E-state index in [2.05, 4.69) is 18.4 Å². The smallest absolute Gasteiger partial charge is 0.384 e. The van der Waals surface area contributed by atoms with Crippen molar-refractivity contribution < 1.29 is 9.53 Å². The highest BCUT2D eigenvalue weighted by Crippen LogP contribution is 2.21. The first-order valence-electron chi connectivity index (χ1n) is 5.07. The van der Waals surface area contributed by atoms with Gasteiger partial charge in [-0.15, -0.1) is 6.58 Å². The lowest BCUT2D eigenvalue weighted by molar-refractivity contribution is -0.142. The van der Waals surface area contributed by atoms with Gasteiger partial charge < -0.3 is 4.74 Å². The van der Waals surface area contributed by atoms with E-state index in [1.165, 1.54) is 0 Å². The van der Waals surface area contributed by atoms with E-state index in [-0.39, 0.29) is 6.10 Å². The molecule has 0 spiro atoms. The molecule has 0 bridgehead atoms. The third-order valence-electron chi connectivity index (χ3n) is 2.03. The van der Waals surface area contributed by atoms with Crippen molar-refractivity contribution in [1.29, 1.82) is 0 Å². The van der Waals surface area contributed by atoms with Gasteiger partial charge >= 0.3 is 5.97 Å². The zero-order chi connectivity index (χ0) is 11.8. The van der Waals surface area contributed by atoms with Crippen LogP contribution < -0.4 is 0 Å². The van der Waals surface area contributed by atoms with Crippen molar-refractivity contribution in [2.24, 2.45) is 0 Å². The van der Waals surface area contributed by atoms with Crippen molar-refractivity contribution in [2.45, 2.75) is 19.4 Å². The van der Waals surface area contributed by atoms with Crippen LogP contribution in [0.2, 0.25) is 0 Å². The Hall–Kier alpha value is -2.01. The van der Waals surface area contributed by atoms with Crippen molar-refractivity contribution in [2.75, 3.05) is 0 Å². The number of esters is 1. The summed E-state index contributed by atoms with van der Waals surface area (Å²) in [6.07, 6.45) is 2.01. The predicted molar refractivity (Wildman–Crippen MR) is 63.5 cm³/mol. The van der Waals surface area contributed by atoms with Gasteiger partial charge in [0.05, 0.1) is 0 Å². The molecule has 1 aromatic carbocycles. The van der Waals surface area contributed by atoms with Crippen LogP contribution in [0.25, 0.3) is 0 Å². The van der Waals surface area contributed by atoms with Gasteiger partial charge in [0, 0.05) is 12.3 Å². The minimum Gasteiger partial charge on any atom is -0.448 e. The number of ether oxygens (including phenoxy) is 1. The van der Waals surface area contributed by atoms with Gasteiger partial charge in [-0.2, -0.15) is 0 Å². The molecule has 0 aliphatic rings. The van der Waals surface area contributed by atoms with Crippen LogP contribution in [0.5, 0.6) is 0 Å². The Morgan fingerprint density at radius 1 is 1.50 bits per heavy atom. The first-order chi connectivity index (χ1) is 7.77. The topological polar surface area (TPSA) is 26.3 Å². The predicted octanol–water partition coefficient (Wildman–Crippen LogP) is 2.87. The van der Waals surface area contributed by atoms with E-state index < -0.39 is 5.97 Å². The maximum Gasteiger partial charge on any atom is 0.384 e. The van der Waals surface area contributed by atoms with Crippen molar-refractivity contribution in [3.05, 3.63) is 48.6 Å². The summed E-state index contributed by atoms with van der Waals surface area (Å²) < 4.78 is 5.23. The normalized spacial score (nSPS) is 10.8. The molecule has 0 amide bonds. The molecule has 0 aromatic heterocycles. The number of hydrogen-bond donors (Lipinski definition) is 0. The average Bonchev–Trinajstić information content (AvgIpc) is 2.30. The monoisotopic (exact) mass is 214 g/mol. The van der Waals surface area contributed by atoms with E-state index in [1.807, 2.05) is 30.3 Å². The zero-order valence-electron chi connectivity index (χ0n) is 9.27. The van der Waals surface area contributed by atoms with E-state index in [4.69, 9.17) is 4.74 Å². The molecular formula is C14H14O2. The second-order valence-electron chi connectivity index (χ2n) is 3.20. The van der Waals surface area contributed by atoms with Gasteiger partial charge in [0.2, 0.25) is 0 Å². The molecule has 0 N–H and O–H groups in total. The van der Waals surface area contributed by atoms with Gasteiger partial charge in [-0.05, 0) is 12.5 Å². The lowest BCUT2D eigenvalue weighted by Crippen LogP contribution is -2.09. The van der Waals surface area contributed by atoms with Crippen LogP contribution in [0.15, 0.2) is 43.0 Å². The molecule has 2 nitrogen and oxygen atoms in total. The molecule has 0 fully saturated rings. The number of benzene rings is 1. The Morgan fingerprint density at radius 3 is 2.75 bits per heavy atom. The summed E-state index contributed by atoms with van der Waals surface area (Å²) in [5.41, 5.74) is 0.952. The number of carbonyl (C=O) groups excluding carboxylic acids is 1. The summed E-state index contributed by atoms with van der Waals surface area (Å²) in [6.45, 7) is 5.26. The molecule has 1 aromatic rings. The summed E-state index contributed by atoms with van der Waals surface area (Å²) in [4.78, 5) is 11.3. The third kappa shape index (κ3) is 3.62. The van der Waals surface area contributed by atoms with Gasteiger partial charge in [-0.1, -0.05) is 42.3 Å². The van der Waals surface area contributed by atoms with Crippen LogP contribution in [0.4, 0.5) is 0 Å². The molecule has 1 atom stereocenters. The lowest BCUT2D eigenvalue weighted by Gasteiger charge is -2.14. The molecule has 0 saturated carbocycles. The van der Waals surface area contributed by atoms with E-state index >= 15 is 0 Å². The highest BCUT2D eigenvalue weighted by atomic mass is 16.5. The van der Waals surface area contributed by atoms with Gasteiger partial charge in [0.15, 0.2) is 0 Å². The van der Waals surface area contributed by atoms with Gasteiger partial charge in [-0.3, -0.25) is 0 Å². The van der Waals surface area contributed by atoms with E-state index in [0.29, 0.717) is 6.42 Å². The van der Waals surface area contributed by atoms with Crippen LogP contribution in [0.3, 0.4) is 0 Å². The SMILES string of the molecule is C=CCC(OC(=O)C#CC)c1ccccc1. The van der Waals surface area contributed by atoms with Crippen LogP contribution in [0, 0.1) is 11.8 Å². The summed E-state index contributed by atoms with van der Waals surface area (Å²) in [6, 6.07) is 9.57. The fraction of sp³-hybridized carbons (Fsp3) is 0.214. The van der Waals surface area contributed by atoms with Crippen molar-refractivity contribution in [1.82, 2.24) is 0 Å². The second-order valence-corrected chi connectivity index (χ2v) is 3.20. The Morgan fingerprint density at radius 2 is 2.19 bits per heavy atom. The molecule has 0 aliphatic carbocycles. The average molecular weight is 214 g/mol. The van der Waals surface area contributed by atoms with Crippen molar-refractivity contribution in [3.63, 3.8) is 0 Å². The first-order valence-corrected chi connectivity index (χ1v) is 5.07. The van der Waals surface area contributed by atoms with Crippen LogP contribution in [-0.4, -0.2) is 5.97 Å². The van der Waals surface area contributed by atoms with Gasteiger partial charge in [-0.25, -0.2) is 4.79 Å². The third-order valence-corrected chi connectivity index (χ3v) is 2.03. The second kappa shape index (κ2) is 6.47. The highest BCUT2D eigenvalue weighted by Gasteiger charge is 2.13. The number of carbonyl (C=O) groups is 1. The molecule has 2 heteroatoms. The van der Waals surface area contributed by atoms with Gasteiger partial charge in [0.25, 0.3) is 0 Å². The van der Waals surface area contributed by atoms with E-state index in [0.717, 1.165) is 5.56 Å². The van der Waals surface area contributed by atoms with Gasteiger partial charge in [0.1, 0.15) is 6.10 Å². The molecule has 0 saturated heterocycles. The van der Waals surface area contributed by atoms with Crippen molar-refractivity contribution in [3.8, 4) is 11.8 Å². The van der Waals surface area contributed by atoms with E-state index in [9.17, 15) is 4.79 Å². The molecule has 0 aliphatic heterocycles. The quantitative estimate of drug-likeness (QED) is 0.333.